The van der Waals surface area contributed by atoms with Crippen molar-refractivity contribution in [3.63, 3.8) is 0 Å². The molecule has 2 aromatic rings. The summed E-state index contributed by atoms with van der Waals surface area (Å²) in [6.45, 7) is 7.62. The minimum Gasteiger partial charge on any atom is -0.496 e. The molecular formula is C19H27N3O3. The number of aromatic nitrogens is 2. The summed E-state index contributed by atoms with van der Waals surface area (Å²) in [7, 11) is 1.64. The molecule has 1 aromatic heterocycles. The minimum atomic E-state index is -0.583. The first-order valence-electron chi connectivity index (χ1n) is 8.71. The van der Waals surface area contributed by atoms with Crippen LogP contribution in [-0.2, 0) is 11.3 Å². The molecule has 2 heterocycles. The molecule has 1 fully saturated rings. The van der Waals surface area contributed by atoms with E-state index < -0.39 is 6.10 Å². The van der Waals surface area contributed by atoms with Crippen molar-refractivity contribution < 1.29 is 14.6 Å². The van der Waals surface area contributed by atoms with Gasteiger partial charge in [0.2, 0.25) is 0 Å². The fourth-order valence-electron chi connectivity index (χ4n) is 3.29. The zero-order chi connectivity index (χ0) is 17.8. The van der Waals surface area contributed by atoms with Gasteiger partial charge in [0.25, 0.3) is 0 Å². The zero-order valence-electron chi connectivity index (χ0n) is 15.2. The van der Waals surface area contributed by atoms with E-state index >= 15 is 0 Å². The number of hydrogen-bond acceptors (Lipinski definition) is 5. The largest absolute Gasteiger partial charge is 0.496 e. The SMILES string of the molecule is COc1ccc(C)cc1[C@@H](O)CN1CCO[C@H](Cn2cc(C)cn2)C1. The number of β-amino-alcohol motifs (C(OH)–C–C–N with tert-alkyl or cyclic N) is 1. The molecule has 0 spiro atoms. The summed E-state index contributed by atoms with van der Waals surface area (Å²) in [4.78, 5) is 2.25. The van der Waals surface area contributed by atoms with Gasteiger partial charge >= 0.3 is 0 Å². The van der Waals surface area contributed by atoms with Gasteiger partial charge in [0.1, 0.15) is 5.75 Å². The maximum absolute atomic E-state index is 10.7. The lowest BCUT2D eigenvalue weighted by molar-refractivity contribution is -0.0487. The Labute approximate surface area is 149 Å². The summed E-state index contributed by atoms with van der Waals surface area (Å²) in [5.74, 6) is 0.731. The first-order chi connectivity index (χ1) is 12.0. The summed E-state index contributed by atoms with van der Waals surface area (Å²) in [5, 5.41) is 15.0. The Balaban J connectivity index is 1.61. The smallest absolute Gasteiger partial charge is 0.124 e. The minimum absolute atomic E-state index is 0.0830. The lowest BCUT2D eigenvalue weighted by Crippen LogP contribution is -2.45. The predicted molar refractivity (Wildman–Crippen MR) is 95.8 cm³/mol. The fourth-order valence-corrected chi connectivity index (χ4v) is 3.29. The number of aliphatic hydroxyl groups is 1. The monoisotopic (exact) mass is 345 g/mol. The van der Waals surface area contributed by atoms with Crippen molar-refractivity contribution in [1.29, 1.82) is 0 Å². The van der Waals surface area contributed by atoms with Crippen LogP contribution in [0.3, 0.4) is 0 Å². The van der Waals surface area contributed by atoms with Crippen LogP contribution in [0.2, 0.25) is 0 Å². The first kappa shape index (κ1) is 17.9. The number of methoxy groups -OCH3 is 1. The van der Waals surface area contributed by atoms with E-state index in [0.29, 0.717) is 13.2 Å². The summed E-state index contributed by atoms with van der Waals surface area (Å²) in [6.07, 6.45) is 3.38. The topological polar surface area (TPSA) is 59.8 Å². The molecule has 1 aliphatic rings. The predicted octanol–water partition coefficient (Wildman–Crippen LogP) is 1.94. The highest BCUT2D eigenvalue weighted by molar-refractivity contribution is 5.38. The number of rotatable bonds is 6. The number of benzene rings is 1. The third-order valence-electron chi connectivity index (χ3n) is 4.55. The van der Waals surface area contributed by atoms with Gasteiger partial charge in [0, 0.05) is 31.4 Å². The molecule has 0 amide bonds. The molecule has 0 bridgehead atoms. The van der Waals surface area contributed by atoms with Crippen molar-refractivity contribution in [2.45, 2.75) is 32.6 Å². The van der Waals surface area contributed by atoms with Gasteiger partial charge in [0.15, 0.2) is 0 Å². The molecule has 0 radical (unpaired) electrons. The van der Waals surface area contributed by atoms with Crippen LogP contribution in [-0.4, -0.2) is 59.2 Å². The van der Waals surface area contributed by atoms with Crippen molar-refractivity contribution in [3.8, 4) is 5.75 Å². The molecule has 6 nitrogen and oxygen atoms in total. The van der Waals surface area contributed by atoms with Crippen molar-refractivity contribution in [1.82, 2.24) is 14.7 Å². The first-order valence-corrected chi connectivity index (χ1v) is 8.71. The van der Waals surface area contributed by atoms with E-state index in [1.165, 1.54) is 0 Å². The van der Waals surface area contributed by atoms with Crippen LogP contribution in [0.4, 0.5) is 0 Å². The van der Waals surface area contributed by atoms with E-state index in [1.54, 1.807) is 7.11 Å². The number of hydrogen-bond donors (Lipinski definition) is 1. The quantitative estimate of drug-likeness (QED) is 0.867. The van der Waals surface area contributed by atoms with Crippen LogP contribution < -0.4 is 4.74 Å². The molecule has 1 N–H and O–H groups in total. The van der Waals surface area contributed by atoms with E-state index in [0.717, 1.165) is 42.1 Å². The maximum Gasteiger partial charge on any atom is 0.124 e. The highest BCUT2D eigenvalue weighted by atomic mass is 16.5. The van der Waals surface area contributed by atoms with E-state index in [-0.39, 0.29) is 6.10 Å². The molecule has 25 heavy (non-hydrogen) atoms. The molecule has 0 saturated carbocycles. The molecule has 1 aromatic carbocycles. The van der Waals surface area contributed by atoms with Gasteiger partial charge in [-0.2, -0.15) is 5.10 Å². The van der Waals surface area contributed by atoms with E-state index in [4.69, 9.17) is 9.47 Å². The Bertz CT molecular complexity index is 701. The average molecular weight is 345 g/mol. The number of aliphatic hydroxyl groups excluding tert-OH is 1. The Morgan fingerprint density at radius 2 is 2.20 bits per heavy atom. The molecule has 1 aliphatic heterocycles. The summed E-state index contributed by atoms with van der Waals surface area (Å²) >= 11 is 0. The Hall–Kier alpha value is -1.89. The second-order valence-corrected chi connectivity index (χ2v) is 6.75. The second kappa shape index (κ2) is 7.99. The van der Waals surface area contributed by atoms with Gasteiger partial charge < -0.3 is 14.6 Å². The fraction of sp³-hybridized carbons (Fsp3) is 0.526. The second-order valence-electron chi connectivity index (χ2n) is 6.75. The Morgan fingerprint density at radius 3 is 2.92 bits per heavy atom. The van der Waals surface area contributed by atoms with Crippen LogP contribution in [0.15, 0.2) is 30.6 Å². The summed E-state index contributed by atoms with van der Waals surface area (Å²) < 4.78 is 13.2. The third kappa shape index (κ3) is 4.60. The van der Waals surface area contributed by atoms with E-state index in [9.17, 15) is 5.11 Å². The number of ether oxygens (including phenoxy) is 2. The van der Waals surface area contributed by atoms with E-state index in [2.05, 4.69) is 10.00 Å². The number of nitrogens with zero attached hydrogens (tertiary/aromatic N) is 3. The average Bonchev–Trinajstić information content (AvgIpc) is 3.00. The molecule has 136 valence electrons. The lowest BCUT2D eigenvalue weighted by Gasteiger charge is -2.34. The molecule has 3 rings (SSSR count). The molecular weight excluding hydrogens is 318 g/mol. The number of aryl methyl sites for hydroxylation is 2. The van der Waals surface area contributed by atoms with Crippen molar-refractivity contribution in [2.24, 2.45) is 0 Å². The molecule has 0 aliphatic carbocycles. The third-order valence-corrected chi connectivity index (χ3v) is 4.55. The normalized spacial score (nSPS) is 19.8. The molecule has 0 unspecified atom stereocenters. The van der Waals surface area contributed by atoms with Crippen LogP contribution >= 0.6 is 0 Å². The Morgan fingerprint density at radius 1 is 1.36 bits per heavy atom. The van der Waals surface area contributed by atoms with Crippen LogP contribution in [0, 0.1) is 13.8 Å². The van der Waals surface area contributed by atoms with Crippen LogP contribution in [0.25, 0.3) is 0 Å². The lowest BCUT2D eigenvalue weighted by atomic mass is 10.0. The molecule has 1 saturated heterocycles. The van der Waals surface area contributed by atoms with Crippen molar-refractivity contribution in [2.75, 3.05) is 33.4 Å². The van der Waals surface area contributed by atoms with Crippen LogP contribution in [0.5, 0.6) is 5.75 Å². The summed E-state index contributed by atoms with van der Waals surface area (Å²) in [5.41, 5.74) is 3.10. The van der Waals surface area contributed by atoms with Crippen molar-refractivity contribution in [3.05, 3.63) is 47.3 Å². The van der Waals surface area contributed by atoms with Gasteiger partial charge in [-0.05, 0) is 31.5 Å². The molecule has 2 atom stereocenters. The maximum atomic E-state index is 10.7. The highest BCUT2D eigenvalue weighted by Gasteiger charge is 2.24. The summed E-state index contributed by atoms with van der Waals surface area (Å²) in [6, 6.07) is 5.90. The van der Waals surface area contributed by atoms with Gasteiger partial charge in [-0.1, -0.05) is 11.6 Å². The van der Waals surface area contributed by atoms with Gasteiger partial charge in [-0.25, -0.2) is 0 Å². The zero-order valence-corrected chi connectivity index (χ0v) is 15.2. The van der Waals surface area contributed by atoms with Gasteiger partial charge in [-0.3, -0.25) is 9.58 Å². The number of morpholine rings is 1. The van der Waals surface area contributed by atoms with Crippen LogP contribution in [0.1, 0.15) is 22.8 Å². The van der Waals surface area contributed by atoms with Crippen molar-refractivity contribution >= 4 is 0 Å². The van der Waals surface area contributed by atoms with E-state index in [1.807, 2.05) is 49.1 Å². The highest BCUT2D eigenvalue weighted by Crippen LogP contribution is 2.27. The van der Waals surface area contributed by atoms with Gasteiger partial charge in [0.05, 0.1) is 38.7 Å². The van der Waals surface area contributed by atoms with Gasteiger partial charge in [-0.15, -0.1) is 0 Å². The molecule has 6 heteroatoms. The standard InChI is InChI=1S/C19H27N3O3/c1-14-4-5-19(24-3)17(8-14)18(23)13-21-6-7-25-16(11-21)12-22-10-15(2)9-20-22/h4-5,8-10,16,18,23H,6-7,11-13H2,1-3H3/t16-,18-/m0/s1. The Kier molecular flexibility index (Phi) is 5.73.